The molecule has 6 aromatic heterocycles. The second kappa shape index (κ2) is 8.95. The molecular formula is C26H24N10O. The number of H-pyrrole nitrogens is 2. The highest BCUT2D eigenvalue weighted by molar-refractivity contribution is 5.98. The van der Waals surface area contributed by atoms with Gasteiger partial charge in [-0.05, 0) is 39.2 Å². The van der Waals surface area contributed by atoms with E-state index in [0.29, 0.717) is 5.69 Å². The number of pyridine rings is 3. The van der Waals surface area contributed by atoms with Crippen LogP contribution in [-0.4, -0.2) is 71.1 Å². The Morgan fingerprint density at radius 2 is 1.86 bits per heavy atom. The molecule has 0 aliphatic carbocycles. The third kappa shape index (κ3) is 4.32. The number of rotatable bonds is 6. The summed E-state index contributed by atoms with van der Waals surface area (Å²) in [6.07, 6.45) is 12.5. The highest BCUT2D eigenvalue weighted by Crippen LogP contribution is 2.32. The van der Waals surface area contributed by atoms with E-state index in [9.17, 15) is 4.79 Å². The summed E-state index contributed by atoms with van der Waals surface area (Å²) in [5, 5.41) is 12.5. The van der Waals surface area contributed by atoms with E-state index in [0.717, 1.165) is 55.8 Å². The van der Waals surface area contributed by atoms with Crippen LogP contribution >= 0.6 is 0 Å². The molecule has 0 aliphatic rings. The van der Waals surface area contributed by atoms with Gasteiger partial charge in [0.05, 0.1) is 77.1 Å². The molecule has 0 spiro atoms. The second-order valence-corrected chi connectivity index (χ2v) is 9.16. The van der Waals surface area contributed by atoms with Crippen LogP contribution in [0.5, 0.6) is 0 Å². The quantitative estimate of drug-likeness (QED) is 0.324. The van der Waals surface area contributed by atoms with E-state index in [1.165, 1.54) is 0 Å². The fourth-order valence-corrected chi connectivity index (χ4v) is 4.34. The maximum absolute atomic E-state index is 12.2. The number of carbonyl (C=O) groups is 1. The van der Waals surface area contributed by atoms with Crippen LogP contribution in [0.25, 0.3) is 50.1 Å². The van der Waals surface area contributed by atoms with E-state index in [-0.39, 0.29) is 12.5 Å². The number of carbonyl (C=O) groups excluding carboxylic acids is 1. The van der Waals surface area contributed by atoms with Crippen LogP contribution in [0.4, 0.5) is 5.69 Å². The van der Waals surface area contributed by atoms with Gasteiger partial charge in [0.1, 0.15) is 5.69 Å². The number of nitrogens with zero attached hydrogens (tertiary/aromatic N) is 7. The van der Waals surface area contributed by atoms with Gasteiger partial charge in [0, 0.05) is 28.7 Å². The Morgan fingerprint density at radius 1 is 1.00 bits per heavy atom. The Bertz CT molecular complexity index is 1760. The molecule has 6 heterocycles. The molecule has 37 heavy (non-hydrogen) atoms. The standard InChI is InChI=1S/C26H24N10O/c1-15-12-36(14-30-15)24-11-28-9-22-18(24)5-21(32-22)26-19-6-20(29-10-23(19)33-34-26)16-4-17(8-27-7-16)31-25(37)13-35(2)3/h4-12,14,32H,13H2,1-3H3,(H,31,37)(H,33,34). The van der Waals surface area contributed by atoms with Gasteiger partial charge in [0.25, 0.3) is 0 Å². The van der Waals surface area contributed by atoms with E-state index in [2.05, 4.69) is 46.5 Å². The van der Waals surface area contributed by atoms with Gasteiger partial charge in [-0.2, -0.15) is 5.10 Å². The number of aromatic amines is 2. The third-order valence-electron chi connectivity index (χ3n) is 5.99. The number of amides is 1. The van der Waals surface area contributed by atoms with Crippen molar-refractivity contribution in [2.24, 2.45) is 0 Å². The summed E-state index contributed by atoms with van der Waals surface area (Å²) in [6.45, 7) is 2.24. The second-order valence-electron chi connectivity index (χ2n) is 9.16. The Kier molecular flexibility index (Phi) is 5.46. The number of likely N-dealkylation sites (N-methyl/N-ethyl adjacent to an activating group) is 1. The zero-order chi connectivity index (χ0) is 25.5. The van der Waals surface area contributed by atoms with Crippen molar-refractivity contribution < 1.29 is 4.79 Å². The number of nitrogens with one attached hydrogen (secondary N) is 3. The lowest BCUT2D eigenvalue weighted by Crippen LogP contribution is -2.27. The predicted molar refractivity (Wildman–Crippen MR) is 141 cm³/mol. The number of imidazole rings is 1. The van der Waals surface area contributed by atoms with Crippen molar-refractivity contribution in [1.29, 1.82) is 0 Å². The minimum atomic E-state index is -0.108. The molecule has 184 valence electrons. The van der Waals surface area contributed by atoms with Crippen molar-refractivity contribution in [3.05, 3.63) is 67.4 Å². The summed E-state index contributed by atoms with van der Waals surface area (Å²) in [5.41, 5.74) is 7.32. The maximum Gasteiger partial charge on any atom is 0.238 e. The minimum absolute atomic E-state index is 0.108. The van der Waals surface area contributed by atoms with Crippen LogP contribution in [0, 0.1) is 6.92 Å². The molecule has 0 unspecified atom stereocenters. The number of aryl methyl sites for hydroxylation is 1. The molecule has 0 aromatic carbocycles. The smallest absolute Gasteiger partial charge is 0.238 e. The molecule has 6 aromatic rings. The third-order valence-corrected chi connectivity index (χ3v) is 5.99. The van der Waals surface area contributed by atoms with Crippen molar-refractivity contribution >= 4 is 33.4 Å². The molecule has 0 aliphatic heterocycles. The van der Waals surface area contributed by atoms with E-state index in [1.807, 2.05) is 55.0 Å². The number of anilines is 1. The van der Waals surface area contributed by atoms with E-state index >= 15 is 0 Å². The summed E-state index contributed by atoms with van der Waals surface area (Å²) < 4.78 is 1.96. The molecule has 3 N–H and O–H groups in total. The van der Waals surface area contributed by atoms with Crippen LogP contribution in [0.1, 0.15) is 5.69 Å². The van der Waals surface area contributed by atoms with Crippen LogP contribution in [0.3, 0.4) is 0 Å². The maximum atomic E-state index is 12.2. The van der Waals surface area contributed by atoms with Crippen molar-refractivity contribution in [3.63, 3.8) is 0 Å². The lowest BCUT2D eigenvalue weighted by molar-refractivity contribution is -0.116. The molecule has 0 bridgehead atoms. The number of hydrogen-bond donors (Lipinski definition) is 3. The average molecular weight is 493 g/mol. The van der Waals surface area contributed by atoms with Crippen molar-refractivity contribution in [2.45, 2.75) is 6.92 Å². The zero-order valence-corrected chi connectivity index (χ0v) is 20.5. The largest absolute Gasteiger partial charge is 0.352 e. The van der Waals surface area contributed by atoms with Crippen molar-refractivity contribution in [1.82, 2.24) is 44.6 Å². The van der Waals surface area contributed by atoms with Crippen molar-refractivity contribution in [3.8, 4) is 28.3 Å². The predicted octanol–water partition coefficient (Wildman–Crippen LogP) is 3.56. The number of aromatic nitrogens is 8. The molecule has 0 saturated carbocycles. The molecule has 6 rings (SSSR count). The van der Waals surface area contributed by atoms with E-state index in [4.69, 9.17) is 0 Å². The lowest BCUT2D eigenvalue weighted by atomic mass is 10.1. The highest BCUT2D eigenvalue weighted by Gasteiger charge is 2.16. The number of fused-ring (bicyclic) bond motifs is 2. The van der Waals surface area contributed by atoms with Crippen LogP contribution in [0.15, 0.2) is 61.7 Å². The van der Waals surface area contributed by atoms with Crippen LogP contribution in [-0.2, 0) is 4.79 Å². The molecule has 0 radical (unpaired) electrons. The monoisotopic (exact) mass is 492 g/mol. The fraction of sp³-hybridized carbons (Fsp3) is 0.154. The highest BCUT2D eigenvalue weighted by atomic mass is 16.2. The first kappa shape index (κ1) is 22.6. The Balaban J connectivity index is 1.38. The summed E-state index contributed by atoms with van der Waals surface area (Å²) >= 11 is 0. The summed E-state index contributed by atoms with van der Waals surface area (Å²) in [5.74, 6) is -0.108. The summed E-state index contributed by atoms with van der Waals surface area (Å²) in [4.78, 5) is 35.1. The van der Waals surface area contributed by atoms with Crippen LogP contribution in [0.2, 0.25) is 0 Å². The number of hydrogen-bond acceptors (Lipinski definition) is 7. The first-order chi connectivity index (χ1) is 17.9. The fourth-order valence-electron chi connectivity index (χ4n) is 4.34. The average Bonchev–Trinajstić information content (AvgIpc) is 3.60. The van der Waals surface area contributed by atoms with Gasteiger partial charge < -0.3 is 19.8 Å². The molecule has 0 atom stereocenters. The Morgan fingerprint density at radius 3 is 2.68 bits per heavy atom. The lowest BCUT2D eigenvalue weighted by Gasteiger charge is -2.10. The minimum Gasteiger partial charge on any atom is -0.352 e. The SMILES string of the molecule is Cc1cn(-c2cncc3[nH]c(-c4n[nH]c5cnc(-c6cncc(NC(=O)CN(C)C)c6)cc45)cc23)cn1. The van der Waals surface area contributed by atoms with E-state index < -0.39 is 0 Å². The summed E-state index contributed by atoms with van der Waals surface area (Å²) in [7, 11) is 3.69. The normalized spacial score (nSPS) is 11.6. The van der Waals surface area contributed by atoms with Gasteiger partial charge in [-0.3, -0.25) is 24.8 Å². The topological polar surface area (TPSA) is 133 Å². The molecule has 11 nitrogen and oxygen atoms in total. The Hall–Kier alpha value is -4.90. The first-order valence-corrected chi connectivity index (χ1v) is 11.7. The molecule has 0 fully saturated rings. The molecular weight excluding hydrogens is 468 g/mol. The molecule has 11 heteroatoms. The van der Waals surface area contributed by atoms with Gasteiger partial charge >= 0.3 is 0 Å². The zero-order valence-electron chi connectivity index (χ0n) is 20.5. The van der Waals surface area contributed by atoms with Gasteiger partial charge in [-0.25, -0.2) is 4.98 Å². The Labute approximate surface area is 211 Å². The van der Waals surface area contributed by atoms with Gasteiger partial charge in [-0.1, -0.05) is 0 Å². The van der Waals surface area contributed by atoms with Gasteiger partial charge in [-0.15, -0.1) is 0 Å². The van der Waals surface area contributed by atoms with E-state index in [1.54, 1.807) is 31.1 Å². The summed E-state index contributed by atoms with van der Waals surface area (Å²) in [6, 6.07) is 5.91. The van der Waals surface area contributed by atoms with Crippen LogP contribution < -0.4 is 5.32 Å². The van der Waals surface area contributed by atoms with Crippen molar-refractivity contribution in [2.75, 3.05) is 26.0 Å². The van der Waals surface area contributed by atoms with Gasteiger partial charge in [0.2, 0.25) is 5.91 Å². The first-order valence-electron chi connectivity index (χ1n) is 11.7. The molecule has 0 saturated heterocycles. The van der Waals surface area contributed by atoms with Gasteiger partial charge in [0.15, 0.2) is 0 Å². The molecule has 1 amide bonds.